The predicted molar refractivity (Wildman–Crippen MR) is 61.8 cm³/mol. The zero-order valence-electron chi connectivity index (χ0n) is 10.0. The summed E-state index contributed by atoms with van der Waals surface area (Å²) in [4.78, 5) is 14.1. The molecule has 0 radical (unpaired) electrons. The van der Waals surface area contributed by atoms with Crippen LogP contribution in [0.5, 0.6) is 0 Å². The van der Waals surface area contributed by atoms with Crippen LogP contribution >= 0.6 is 0 Å². The summed E-state index contributed by atoms with van der Waals surface area (Å²) >= 11 is 0. The van der Waals surface area contributed by atoms with Gasteiger partial charge in [0.25, 0.3) is 0 Å². The van der Waals surface area contributed by atoms with E-state index in [1.807, 2.05) is 0 Å². The maximum atomic E-state index is 11.5. The van der Waals surface area contributed by atoms with Crippen molar-refractivity contribution in [2.24, 2.45) is 11.8 Å². The Labute approximate surface area is 93.0 Å². The summed E-state index contributed by atoms with van der Waals surface area (Å²) in [5.41, 5.74) is 0. The van der Waals surface area contributed by atoms with E-state index in [4.69, 9.17) is 0 Å². The van der Waals surface area contributed by atoms with Crippen molar-refractivity contribution < 1.29 is 4.79 Å². The number of carbonyl (C=O) groups is 1. The minimum Gasteiger partial charge on any atom is -0.300 e. The molecule has 1 saturated carbocycles. The average molecular weight is 209 g/mol. The first kappa shape index (κ1) is 11.1. The molecule has 0 aromatic rings. The molecule has 2 unspecified atom stereocenters. The number of piperidine rings is 1. The Balaban J connectivity index is 1.93. The van der Waals surface area contributed by atoms with Crippen LogP contribution in [0.25, 0.3) is 0 Å². The number of likely N-dealkylation sites (tertiary alicyclic amines) is 1. The van der Waals surface area contributed by atoms with Gasteiger partial charge in [-0.1, -0.05) is 13.8 Å². The van der Waals surface area contributed by atoms with Crippen molar-refractivity contribution in [2.75, 3.05) is 13.1 Å². The van der Waals surface area contributed by atoms with Crippen LogP contribution in [0.3, 0.4) is 0 Å². The smallest absolute Gasteiger partial charge is 0.134 e. The van der Waals surface area contributed by atoms with Gasteiger partial charge in [-0.3, -0.25) is 9.69 Å². The molecule has 0 bridgehead atoms. The third-order valence-corrected chi connectivity index (χ3v) is 4.26. The quantitative estimate of drug-likeness (QED) is 0.661. The van der Waals surface area contributed by atoms with Crippen LogP contribution in [0.15, 0.2) is 0 Å². The fourth-order valence-corrected chi connectivity index (χ4v) is 2.97. The fourth-order valence-electron chi connectivity index (χ4n) is 2.97. The number of nitrogens with zero attached hydrogens (tertiary/aromatic N) is 1. The fraction of sp³-hybridized carbons (Fsp3) is 0.923. The Kier molecular flexibility index (Phi) is 3.45. The molecule has 1 heterocycles. The van der Waals surface area contributed by atoms with E-state index in [1.165, 1.54) is 25.9 Å². The maximum Gasteiger partial charge on any atom is 0.134 e. The summed E-state index contributed by atoms with van der Waals surface area (Å²) in [6.07, 6.45) is 5.38. The Hall–Kier alpha value is -0.370. The van der Waals surface area contributed by atoms with Crippen LogP contribution < -0.4 is 0 Å². The molecule has 0 aromatic heterocycles. The topological polar surface area (TPSA) is 20.3 Å². The van der Waals surface area contributed by atoms with Gasteiger partial charge in [0.05, 0.1) is 0 Å². The van der Waals surface area contributed by atoms with E-state index < -0.39 is 0 Å². The Bertz CT molecular complexity index is 231. The second-order valence-corrected chi connectivity index (χ2v) is 5.54. The van der Waals surface area contributed by atoms with Crippen molar-refractivity contribution in [3.63, 3.8) is 0 Å². The average Bonchev–Trinajstić information content (AvgIpc) is 2.23. The van der Waals surface area contributed by atoms with Gasteiger partial charge in [-0.25, -0.2) is 0 Å². The highest BCUT2D eigenvalue weighted by atomic mass is 16.1. The first-order valence-corrected chi connectivity index (χ1v) is 6.42. The lowest BCUT2D eigenvalue weighted by atomic mass is 9.83. The van der Waals surface area contributed by atoms with E-state index in [0.29, 0.717) is 11.8 Å². The van der Waals surface area contributed by atoms with Crippen molar-refractivity contribution in [3.05, 3.63) is 0 Å². The summed E-state index contributed by atoms with van der Waals surface area (Å²) in [5, 5.41) is 0. The number of Topliss-reactive ketones (excluding diaryl/α,β-unsaturated/α-hetero) is 1. The Morgan fingerprint density at radius 1 is 1.13 bits per heavy atom. The van der Waals surface area contributed by atoms with Crippen LogP contribution in [-0.4, -0.2) is 29.8 Å². The number of hydrogen-bond acceptors (Lipinski definition) is 2. The van der Waals surface area contributed by atoms with Crippen molar-refractivity contribution >= 4 is 5.78 Å². The largest absolute Gasteiger partial charge is 0.300 e. The Morgan fingerprint density at radius 3 is 2.47 bits per heavy atom. The highest BCUT2D eigenvalue weighted by Gasteiger charge is 2.32. The number of hydrogen-bond donors (Lipinski definition) is 0. The molecule has 0 amide bonds. The molecule has 1 aliphatic carbocycles. The molecule has 15 heavy (non-hydrogen) atoms. The number of rotatable bonds is 1. The van der Waals surface area contributed by atoms with Gasteiger partial charge in [0.1, 0.15) is 5.78 Å². The molecule has 2 fully saturated rings. The highest BCUT2D eigenvalue weighted by Crippen LogP contribution is 2.29. The van der Waals surface area contributed by atoms with Gasteiger partial charge in [0.2, 0.25) is 0 Å². The van der Waals surface area contributed by atoms with E-state index in [9.17, 15) is 4.79 Å². The summed E-state index contributed by atoms with van der Waals surface area (Å²) in [6, 6.07) is 0.554. The molecule has 0 aromatic carbocycles. The third kappa shape index (κ3) is 2.60. The third-order valence-electron chi connectivity index (χ3n) is 4.26. The highest BCUT2D eigenvalue weighted by molar-refractivity contribution is 5.79. The van der Waals surface area contributed by atoms with E-state index in [2.05, 4.69) is 18.7 Å². The van der Waals surface area contributed by atoms with Crippen LogP contribution in [-0.2, 0) is 4.79 Å². The molecular weight excluding hydrogens is 186 g/mol. The van der Waals surface area contributed by atoms with E-state index in [-0.39, 0.29) is 0 Å². The van der Waals surface area contributed by atoms with Crippen molar-refractivity contribution in [1.82, 2.24) is 4.90 Å². The molecule has 1 saturated heterocycles. The number of carbonyl (C=O) groups excluding carboxylic acids is 1. The minimum absolute atomic E-state index is 0.483. The Morgan fingerprint density at radius 2 is 1.80 bits per heavy atom. The van der Waals surface area contributed by atoms with E-state index in [0.717, 1.165) is 31.1 Å². The molecular formula is C13H23NO. The normalized spacial score (nSPS) is 35.7. The van der Waals surface area contributed by atoms with Crippen LogP contribution in [0.1, 0.15) is 46.0 Å². The second-order valence-electron chi connectivity index (χ2n) is 5.54. The molecule has 2 nitrogen and oxygen atoms in total. The molecule has 0 spiro atoms. The zero-order valence-corrected chi connectivity index (χ0v) is 10.0. The minimum atomic E-state index is 0.483. The number of ketones is 1. The summed E-state index contributed by atoms with van der Waals surface area (Å²) < 4.78 is 0. The van der Waals surface area contributed by atoms with E-state index >= 15 is 0 Å². The molecule has 1 aliphatic heterocycles. The van der Waals surface area contributed by atoms with Gasteiger partial charge in [0, 0.05) is 18.9 Å². The summed E-state index contributed by atoms with van der Waals surface area (Å²) in [6.45, 7) is 7.08. The monoisotopic (exact) mass is 209 g/mol. The van der Waals surface area contributed by atoms with Gasteiger partial charge in [-0.2, -0.15) is 0 Å². The van der Waals surface area contributed by atoms with Gasteiger partial charge >= 0.3 is 0 Å². The van der Waals surface area contributed by atoms with Crippen LogP contribution in [0.2, 0.25) is 0 Å². The van der Waals surface area contributed by atoms with Crippen molar-refractivity contribution in [1.29, 1.82) is 0 Å². The molecule has 2 aliphatic rings. The standard InChI is InChI=1S/C13H23NO/c1-10-5-7-14(8-6-10)13-9-12(15)4-3-11(13)2/h10-11,13H,3-9H2,1-2H3. The maximum absolute atomic E-state index is 11.5. The van der Waals surface area contributed by atoms with Crippen LogP contribution in [0, 0.1) is 11.8 Å². The summed E-state index contributed by atoms with van der Waals surface area (Å²) in [5.74, 6) is 2.09. The van der Waals surface area contributed by atoms with Crippen LogP contribution in [0.4, 0.5) is 0 Å². The first-order chi connectivity index (χ1) is 7.16. The summed E-state index contributed by atoms with van der Waals surface area (Å²) in [7, 11) is 0. The van der Waals surface area contributed by atoms with Gasteiger partial charge in [0.15, 0.2) is 0 Å². The lowest BCUT2D eigenvalue weighted by Crippen LogP contribution is -2.47. The lowest BCUT2D eigenvalue weighted by molar-refractivity contribution is -0.123. The first-order valence-electron chi connectivity index (χ1n) is 6.42. The van der Waals surface area contributed by atoms with Gasteiger partial charge in [-0.15, -0.1) is 0 Å². The molecule has 0 N–H and O–H groups in total. The molecule has 2 rings (SSSR count). The van der Waals surface area contributed by atoms with Crippen molar-refractivity contribution in [3.8, 4) is 0 Å². The lowest BCUT2D eigenvalue weighted by Gasteiger charge is -2.41. The van der Waals surface area contributed by atoms with Crippen molar-refractivity contribution in [2.45, 2.75) is 52.0 Å². The predicted octanol–water partition coefficient (Wildman–Crippen LogP) is 2.48. The zero-order chi connectivity index (χ0) is 10.8. The van der Waals surface area contributed by atoms with Gasteiger partial charge < -0.3 is 0 Å². The SMILES string of the molecule is CC1CCN(C2CC(=O)CCC2C)CC1. The van der Waals surface area contributed by atoms with E-state index in [1.54, 1.807) is 0 Å². The van der Waals surface area contributed by atoms with Gasteiger partial charge in [-0.05, 0) is 44.2 Å². The molecule has 2 atom stereocenters. The second kappa shape index (κ2) is 4.65. The molecule has 2 heteroatoms. The molecule has 86 valence electrons.